The average Bonchev–Trinajstić information content (AvgIpc) is 3.11. The Morgan fingerprint density at radius 3 is 2.42 bits per heavy atom. The van der Waals surface area contributed by atoms with Crippen LogP contribution in [0.2, 0.25) is 0 Å². The molecule has 140 valence electrons. The molecule has 7 heteroatoms. The van der Waals surface area contributed by atoms with Gasteiger partial charge in [0.05, 0.1) is 14.2 Å². The highest BCUT2D eigenvalue weighted by molar-refractivity contribution is 5.79. The second kappa shape index (κ2) is 8.23. The van der Waals surface area contributed by atoms with Gasteiger partial charge in [0.25, 0.3) is 0 Å². The van der Waals surface area contributed by atoms with Crippen molar-refractivity contribution in [3.63, 3.8) is 0 Å². The number of aromatic nitrogens is 2. The van der Waals surface area contributed by atoms with Gasteiger partial charge in [-0.2, -0.15) is 0 Å². The number of imidazole rings is 1. The summed E-state index contributed by atoms with van der Waals surface area (Å²) in [7, 11) is 5.15. The van der Waals surface area contributed by atoms with Gasteiger partial charge in [-0.1, -0.05) is 0 Å². The first kappa shape index (κ1) is 18.3. The summed E-state index contributed by atoms with van der Waals surface area (Å²) in [5.74, 6) is 2.19. The molecule has 1 aromatic heterocycles. The van der Waals surface area contributed by atoms with E-state index in [4.69, 9.17) is 9.47 Å². The molecule has 1 fully saturated rings. The zero-order valence-electron chi connectivity index (χ0n) is 15.5. The lowest BCUT2D eigenvalue weighted by Gasteiger charge is -2.26. The van der Waals surface area contributed by atoms with E-state index < -0.39 is 0 Å². The molecule has 1 aliphatic heterocycles. The maximum atomic E-state index is 12.9. The number of amides is 1. The van der Waals surface area contributed by atoms with E-state index in [1.807, 2.05) is 36.0 Å². The molecule has 1 atom stereocenters. The molecule has 0 aliphatic carbocycles. The normalized spacial score (nSPS) is 16.1. The number of carbonyl (C=O) groups is 1. The van der Waals surface area contributed by atoms with Gasteiger partial charge in [0.2, 0.25) is 5.91 Å². The molecule has 0 saturated carbocycles. The SMILES string of the molecule is COc1cc(OC)cc(C(NC(=O)C2CCNCC2)c2nccn2C)c1. The van der Waals surface area contributed by atoms with E-state index in [9.17, 15) is 4.79 Å². The van der Waals surface area contributed by atoms with Gasteiger partial charge in [0.1, 0.15) is 23.4 Å². The number of ether oxygens (including phenoxy) is 2. The Morgan fingerprint density at radius 2 is 1.88 bits per heavy atom. The van der Waals surface area contributed by atoms with Crippen molar-refractivity contribution in [2.75, 3.05) is 27.3 Å². The minimum absolute atomic E-state index is 0.0199. The van der Waals surface area contributed by atoms with Crippen LogP contribution in [0.1, 0.15) is 30.3 Å². The van der Waals surface area contributed by atoms with Crippen LogP contribution in [0.5, 0.6) is 11.5 Å². The van der Waals surface area contributed by atoms with Gasteiger partial charge in [-0.15, -0.1) is 0 Å². The Balaban J connectivity index is 1.94. The van der Waals surface area contributed by atoms with Crippen molar-refractivity contribution in [3.8, 4) is 11.5 Å². The van der Waals surface area contributed by atoms with Crippen molar-refractivity contribution in [2.45, 2.75) is 18.9 Å². The quantitative estimate of drug-likeness (QED) is 0.821. The van der Waals surface area contributed by atoms with E-state index in [1.54, 1.807) is 20.4 Å². The van der Waals surface area contributed by atoms with Crippen LogP contribution in [0, 0.1) is 5.92 Å². The first-order valence-electron chi connectivity index (χ1n) is 8.83. The largest absolute Gasteiger partial charge is 0.497 e. The number of hydrogen-bond acceptors (Lipinski definition) is 5. The van der Waals surface area contributed by atoms with Gasteiger partial charge >= 0.3 is 0 Å². The van der Waals surface area contributed by atoms with Gasteiger partial charge in [-0.3, -0.25) is 4.79 Å². The zero-order valence-corrected chi connectivity index (χ0v) is 15.5. The first-order valence-corrected chi connectivity index (χ1v) is 8.83. The van der Waals surface area contributed by atoms with Crippen molar-refractivity contribution < 1.29 is 14.3 Å². The van der Waals surface area contributed by atoms with Gasteiger partial charge in [-0.25, -0.2) is 4.98 Å². The number of carbonyl (C=O) groups excluding carboxylic acids is 1. The van der Waals surface area contributed by atoms with Crippen LogP contribution in [0.15, 0.2) is 30.6 Å². The Bertz CT molecular complexity index is 731. The van der Waals surface area contributed by atoms with E-state index in [-0.39, 0.29) is 17.9 Å². The van der Waals surface area contributed by atoms with Crippen molar-refractivity contribution >= 4 is 5.91 Å². The highest BCUT2D eigenvalue weighted by atomic mass is 16.5. The monoisotopic (exact) mass is 358 g/mol. The van der Waals surface area contributed by atoms with Crippen LogP contribution in [-0.4, -0.2) is 42.8 Å². The van der Waals surface area contributed by atoms with Gasteiger partial charge < -0.3 is 24.7 Å². The van der Waals surface area contributed by atoms with Gasteiger partial charge in [0, 0.05) is 31.4 Å². The third-order valence-corrected chi connectivity index (χ3v) is 4.82. The number of aryl methyl sites for hydroxylation is 1. The fourth-order valence-electron chi connectivity index (χ4n) is 3.29. The molecular weight excluding hydrogens is 332 g/mol. The molecule has 7 nitrogen and oxygen atoms in total. The molecule has 1 aliphatic rings. The van der Waals surface area contributed by atoms with Gasteiger partial charge in [0.15, 0.2) is 0 Å². The Kier molecular flexibility index (Phi) is 5.78. The summed E-state index contributed by atoms with van der Waals surface area (Å²) in [4.78, 5) is 17.3. The standard InChI is InChI=1S/C19H26N4O3/c1-23-9-8-21-18(23)17(22-19(24)13-4-6-20-7-5-13)14-10-15(25-2)12-16(11-14)26-3/h8-13,17,20H,4-7H2,1-3H3,(H,22,24). The molecule has 1 saturated heterocycles. The van der Waals surface area contributed by atoms with E-state index in [1.165, 1.54) is 0 Å². The van der Waals surface area contributed by atoms with E-state index >= 15 is 0 Å². The Labute approximate surface area is 153 Å². The highest BCUT2D eigenvalue weighted by Crippen LogP contribution is 2.30. The number of methoxy groups -OCH3 is 2. The molecule has 2 heterocycles. The first-order chi connectivity index (χ1) is 12.6. The summed E-state index contributed by atoms with van der Waals surface area (Å²) < 4.78 is 12.7. The molecule has 1 unspecified atom stereocenters. The maximum Gasteiger partial charge on any atom is 0.224 e. The summed E-state index contributed by atoms with van der Waals surface area (Å²) in [6.07, 6.45) is 5.30. The second-order valence-electron chi connectivity index (χ2n) is 6.51. The number of nitrogens with one attached hydrogen (secondary N) is 2. The predicted octanol–water partition coefficient (Wildman–Crippen LogP) is 1.64. The molecule has 0 radical (unpaired) electrons. The van der Waals surface area contributed by atoms with Crippen molar-refractivity contribution in [1.82, 2.24) is 20.2 Å². The molecule has 3 rings (SSSR count). The number of benzene rings is 1. The van der Waals surface area contributed by atoms with E-state index in [0.29, 0.717) is 11.5 Å². The highest BCUT2D eigenvalue weighted by Gasteiger charge is 2.27. The molecule has 0 bridgehead atoms. The number of nitrogens with zero attached hydrogens (tertiary/aromatic N) is 2. The minimum atomic E-state index is -0.374. The number of piperidine rings is 1. The average molecular weight is 358 g/mol. The minimum Gasteiger partial charge on any atom is -0.497 e. The molecule has 2 aromatic rings. The van der Waals surface area contributed by atoms with Crippen LogP contribution < -0.4 is 20.1 Å². The van der Waals surface area contributed by atoms with Crippen LogP contribution in [0.25, 0.3) is 0 Å². The molecular formula is C19H26N4O3. The Hall–Kier alpha value is -2.54. The fraction of sp³-hybridized carbons (Fsp3) is 0.474. The predicted molar refractivity (Wildman–Crippen MR) is 98.3 cm³/mol. The summed E-state index contributed by atoms with van der Waals surface area (Å²) in [5, 5.41) is 6.48. The summed E-state index contributed by atoms with van der Waals surface area (Å²) in [6, 6.07) is 5.25. The smallest absolute Gasteiger partial charge is 0.224 e. The second-order valence-corrected chi connectivity index (χ2v) is 6.51. The summed E-state index contributed by atoms with van der Waals surface area (Å²) >= 11 is 0. The van der Waals surface area contributed by atoms with Crippen molar-refractivity contribution in [1.29, 1.82) is 0 Å². The molecule has 1 aromatic carbocycles. The molecule has 0 spiro atoms. The topological polar surface area (TPSA) is 77.4 Å². The molecule has 2 N–H and O–H groups in total. The third kappa shape index (κ3) is 3.99. The van der Waals surface area contributed by atoms with E-state index in [0.717, 1.165) is 37.3 Å². The van der Waals surface area contributed by atoms with Gasteiger partial charge in [-0.05, 0) is 43.6 Å². The molecule has 26 heavy (non-hydrogen) atoms. The lowest BCUT2D eigenvalue weighted by molar-refractivity contribution is -0.126. The van der Waals surface area contributed by atoms with Crippen LogP contribution in [0.3, 0.4) is 0 Å². The Morgan fingerprint density at radius 1 is 1.23 bits per heavy atom. The van der Waals surface area contributed by atoms with Crippen LogP contribution in [0.4, 0.5) is 0 Å². The van der Waals surface area contributed by atoms with Crippen molar-refractivity contribution in [2.24, 2.45) is 13.0 Å². The summed E-state index contributed by atoms with van der Waals surface area (Å²) in [6.45, 7) is 1.75. The maximum absolute atomic E-state index is 12.9. The van der Waals surface area contributed by atoms with E-state index in [2.05, 4.69) is 15.6 Å². The third-order valence-electron chi connectivity index (χ3n) is 4.82. The number of hydrogen-bond donors (Lipinski definition) is 2. The fourth-order valence-corrected chi connectivity index (χ4v) is 3.29. The molecule has 1 amide bonds. The lowest BCUT2D eigenvalue weighted by Crippen LogP contribution is -2.40. The zero-order chi connectivity index (χ0) is 18.5. The number of rotatable bonds is 6. The van der Waals surface area contributed by atoms with Crippen molar-refractivity contribution in [3.05, 3.63) is 42.0 Å². The van der Waals surface area contributed by atoms with Crippen LogP contribution in [-0.2, 0) is 11.8 Å². The van der Waals surface area contributed by atoms with Crippen LogP contribution >= 0.6 is 0 Å². The summed E-state index contributed by atoms with van der Waals surface area (Å²) in [5.41, 5.74) is 0.873. The lowest BCUT2D eigenvalue weighted by atomic mass is 9.96.